The molecule has 1 fully saturated rings. The minimum absolute atomic E-state index is 0.0494. The van der Waals surface area contributed by atoms with E-state index in [9.17, 15) is 9.59 Å². The van der Waals surface area contributed by atoms with Gasteiger partial charge in [-0.1, -0.05) is 0 Å². The first-order valence-corrected chi connectivity index (χ1v) is 6.80. The summed E-state index contributed by atoms with van der Waals surface area (Å²) in [6.45, 7) is 4.45. The Kier molecular flexibility index (Phi) is 7.50. The molecular weight excluding hydrogens is 264 g/mol. The lowest BCUT2D eigenvalue weighted by molar-refractivity contribution is -0.161. The Morgan fingerprint density at radius 3 is 2.85 bits per heavy atom. The SMILES string of the molecule is COCCCNC(=O)C(C)N1CCOC(C(=O)OC)C1. The molecule has 1 heterocycles. The molecule has 1 rings (SSSR count). The van der Waals surface area contributed by atoms with E-state index in [1.807, 2.05) is 11.8 Å². The number of rotatable bonds is 7. The molecule has 1 aliphatic heterocycles. The number of esters is 1. The highest BCUT2D eigenvalue weighted by Crippen LogP contribution is 2.10. The number of amides is 1. The number of nitrogens with one attached hydrogen (secondary N) is 1. The summed E-state index contributed by atoms with van der Waals surface area (Å²) in [6, 6.07) is -0.298. The van der Waals surface area contributed by atoms with E-state index in [0.29, 0.717) is 32.8 Å². The third-order valence-corrected chi connectivity index (χ3v) is 3.31. The monoisotopic (exact) mass is 288 g/mol. The Balaban J connectivity index is 2.39. The van der Waals surface area contributed by atoms with Crippen LogP contribution in [0.4, 0.5) is 0 Å². The molecule has 1 amide bonds. The van der Waals surface area contributed by atoms with Crippen LogP contribution in [0, 0.1) is 0 Å². The van der Waals surface area contributed by atoms with E-state index in [1.165, 1.54) is 7.11 Å². The van der Waals surface area contributed by atoms with Crippen LogP contribution in [0.2, 0.25) is 0 Å². The van der Waals surface area contributed by atoms with Crippen LogP contribution in [0.3, 0.4) is 0 Å². The highest BCUT2D eigenvalue weighted by atomic mass is 16.6. The van der Waals surface area contributed by atoms with Gasteiger partial charge in [0.05, 0.1) is 19.8 Å². The van der Waals surface area contributed by atoms with Crippen LogP contribution in [0.15, 0.2) is 0 Å². The summed E-state index contributed by atoms with van der Waals surface area (Å²) in [4.78, 5) is 25.4. The largest absolute Gasteiger partial charge is 0.467 e. The van der Waals surface area contributed by atoms with E-state index in [-0.39, 0.29) is 11.9 Å². The maximum atomic E-state index is 12.0. The molecule has 0 aromatic rings. The Morgan fingerprint density at radius 2 is 2.20 bits per heavy atom. The van der Waals surface area contributed by atoms with Crippen molar-refractivity contribution in [1.29, 1.82) is 0 Å². The van der Waals surface area contributed by atoms with Crippen LogP contribution in [-0.2, 0) is 23.8 Å². The van der Waals surface area contributed by atoms with E-state index in [1.54, 1.807) is 7.11 Å². The zero-order valence-corrected chi connectivity index (χ0v) is 12.4. The Bertz CT molecular complexity index is 324. The molecule has 1 aliphatic rings. The molecule has 20 heavy (non-hydrogen) atoms. The maximum absolute atomic E-state index is 12.0. The van der Waals surface area contributed by atoms with Gasteiger partial charge in [-0.3, -0.25) is 9.69 Å². The fourth-order valence-electron chi connectivity index (χ4n) is 2.04. The van der Waals surface area contributed by atoms with Crippen LogP contribution < -0.4 is 5.32 Å². The van der Waals surface area contributed by atoms with Crippen molar-refractivity contribution in [3.63, 3.8) is 0 Å². The molecule has 0 aliphatic carbocycles. The molecule has 116 valence electrons. The minimum Gasteiger partial charge on any atom is -0.467 e. The van der Waals surface area contributed by atoms with Gasteiger partial charge in [0, 0.05) is 33.4 Å². The van der Waals surface area contributed by atoms with Gasteiger partial charge in [0.15, 0.2) is 6.10 Å². The fraction of sp³-hybridized carbons (Fsp3) is 0.846. The lowest BCUT2D eigenvalue weighted by Gasteiger charge is -2.34. The Morgan fingerprint density at radius 1 is 1.45 bits per heavy atom. The predicted molar refractivity (Wildman–Crippen MR) is 72.3 cm³/mol. The molecule has 0 radical (unpaired) electrons. The van der Waals surface area contributed by atoms with Crippen molar-refractivity contribution in [3.05, 3.63) is 0 Å². The number of nitrogens with zero attached hydrogens (tertiary/aromatic N) is 1. The number of carbonyl (C=O) groups excluding carboxylic acids is 2. The molecular formula is C13H24N2O5. The van der Waals surface area contributed by atoms with E-state index >= 15 is 0 Å². The summed E-state index contributed by atoms with van der Waals surface area (Å²) in [5.74, 6) is -0.450. The Labute approximate surface area is 119 Å². The average molecular weight is 288 g/mol. The lowest BCUT2D eigenvalue weighted by atomic mass is 10.2. The molecule has 7 nitrogen and oxygen atoms in total. The second-order valence-electron chi connectivity index (χ2n) is 4.69. The van der Waals surface area contributed by atoms with Crippen molar-refractivity contribution in [2.24, 2.45) is 0 Å². The average Bonchev–Trinajstić information content (AvgIpc) is 2.49. The van der Waals surface area contributed by atoms with Crippen molar-refractivity contribution < 1.29 is 23.8 Å². The van der Waals surface area contributed by atoms with E-state index < -0.39 is 12.1 Å². The van der Waals surface area contributed by atoms with Crippen LogP contribution in [0.25, 0.3) is 0 Å². The van der Waals surface area contributed by atoms with Gasteiger partial charge in [-0.25, -0.2) is 4.79 Å². The summed E-state index contributed by atoms with van der Waals surface area (Å²) in [6.07, 6.45) is 0.167. The van der Waals surface area contributed by atoms with Crippen molar-refractivity contribution in [2.75, 3.05) is 47.1 Å². The van der Waals surface area contributed by atoms with Crippen LogP contribution in [0.1, 0.15) is 13.3 Å². The summed E-state index contributed by atoms with van der Waals surface area (Å²) >= 11 is 0. The zero-order valence-electron chi connectivity index (χ0n) is 12.4. The smallest absolute Gasteiger partial charge is 0.336 e. The molecule has 0 spiro atoms. The second kappa shape index (κ2) is 8.89. The number of morpholine rings is 1. The van der Waals surface area contributed by atoms with Gasteiger partial charge in [-0.05, 0) is 13.3 Å². The first-order chi connectivity index (χ1) is 9.60. The highest BCUT2D eigenvalue weighted by Gasteiger charge is 2.31. The molecule has 0 saturated carbocycles. The summed E-state index contributed by atoms with van der Waals surface area (Å²) in [5, 5.41) is 2.85. The third-order valence-electron chi connectivity index (χ3n) is 3.31. The fourth-order valence-corrected chi connectivity index (χ4v) is 2.04. The molecule has 0 aromatic heterocycles. The van der Waals surface area contributed by atoms with Crippen molar-refractivity contribution in [3.8, 4) is 0 Å². The molecule has 7 heteroatoms. The standard InChI is InChI=1S/C13H24N2O5/c1-10(12(16)14-5-4-7-18-2)15-6-8-20-11(9-15)13(17)19-3/h10-11H,4-9H2,1-3H3,(H,14,16). The van der Waals surface area contributed by atoms with Crippen LogP contribution in [0.5, 0.6) is 0 Å². The highest BCUT2D eigenvalue weighted by molar-refractivity contribution is 5.81. The quantitative estimate of drug-likeness (QED) is 0.498. The second-order valence-corrected chi connectivity index (χ2v) is 4.69. The maximum Gasteiger partial charge on any atom is 0.336 e. The number of methoxy groups -OCH3 is 2. The summed E-state index contributed by atoms with van der Waals surface area (Å²) < 4.78 is 14.9. The molecule has 1 N–H and O–H groups in total. The van der Waals surface area contributed by atoms with Crippen molar-refractivity contribution >= 4 is 11.9 Å². The number of hydrogen-bond donors (Lipinski definition) is 1. The van der Waals surface area contributed by atoms with E-state index in [2.05, 4.69) is 10.1 Å². The van der Waals surface area contributed by atoms with Crippen LogP contribution >= 0.6 is 0 Å². The van der Waals surface area contributed by atoms with Gasteiger partial charge in [0.1, 0.15) is 0 Å². The van der Waals surface area contributed by atoms with Crippen molar-refractivity contribution in [2.45, 2.75) is 25.5 Å². The minimum atomic E-state index is -0.613. The number of ether oxygens (including phenoxy) is 3. The summed E-state index contributed by atoms with van der Waals surface area (Å²) in [7, 11) is 2.96. The van der Waals surface area contributed by atoms with Gasteiger partial charge < -0.3 is 19.5 Å². The Hall–Kier alpha value is -1.18. The van der Waals surface area contributed by atoms with Gasteiger partial charge in [0.25, 0.3) is 0 Å². The van der Waals surface area contributed by atoms with E-state index in [4.69, 9.17) is 9.47 Å². The van der Waals surface area contributed by atoms with Gasteiger partial charge in [-0.15, -0.1) is 0 Å². The first kappa shape index (κ1) is 16.9. The predicted octanol–water partition coefficient (Wildman–Crippen LogP) is -0.599. The normalized spacial score (nSPS) is 21.2. The molecule has 1 saturated heterocycles. The van der Waals surface area contributed by atoms with Gasteiger partial charge >= 0.3 is 5.97 Å². The third kappa shape index (κ3) is 5.07. The lowest BCUT2D eigenvalue weighted by Crippen LogP contribution is -2.54. The molecule has 0 aromatic carbocycles. The first-order valence-electron chi connectivity index (χ1n) is 6.80. The number of hydrogen-bond acceptors (Lipinski definition) is 6. The van der Waals surface area contributed by atoms with Gasteiger partial charge in [0.2, 0.25) is 5.91 Å². The molecule has 2 unspecified atom stereocenters. The summed E-state index contributed by atoms with van der Waals surface area (Å²) in [5.41, 5.74) is 0. The zero-order chi connectivity index (χ0) is 15.0. The molecule has 2 atom stereocenters. The van der Waals surface area contributed by atoms with Gasteiger partial charge in [-0.2, -0.15) is 0 Å². The van der Waals surface area contributed by atoms with E-state index in [0.717, 1.165) is 6.42 Å². The topological polar surface area (TPSA) is 77.1 Å². The number of carbonyl (C=O) groups is 2. The van der Waals surface area contributed by atoms with Crippen LogP contribution in [-0.4, -0.2) is 76.0 Å². The van der Waals surface area contributed by atoms with Crippen molar-refractivity contribution in [1.82, 2.24) is 10.2 Å². The molecule has 0 bridgehead atoms.